The van der Waals surface area contributed by atoms with Crippen LogP contribution in [0.15, 0.2) is 204 Å². The lowest BCUT2D eigenvalue weighted by molar-refractivity contribution is 0.790. The Balaban J connectivity index is 1.16. The largest absolute Gasteiger partial charge is 0.256 e. The Morgan fingerprint density at radius 1 is 0.500 bits per heavy atom. The third-order valence-electron chi connectivity index (χ3n) is 11.7. The molecule has 2 aliphatic rings. The monoisotopic (exact) mass is 790 g/mol. The SMILES string of the molecule is CC=C1/C(=C\C)S/C=C/CC/C=C/C12c1ccc(-c3cccc(-c4nc(-c5ccccc5)nc(-c5ccccc5)n4)c3)cc1-c1cc(-c3cccc4cccnc34)ccc12. The molecule has 0 saturated heterocycles. The van der Waals surface area contributed by atoms with Crippen LogP contribution in [-0.2, 0) is 5.41 Å². The molecule has 1 aliphatic carbocycles. The highest BCUT2D eigenvalue weighted by atomic mass is 32.2. The summed E-state index contributed by atoms with van der Waals surface area (Å²) >= 11 is 1.82. The number of allylic oxidation sites excluding steroid dienone is 6. The van der Waals surface area contributed by atoms with Gasteiger partial charge < -0.3 is 0 Å². The summed E-state index contributed by atoms with van der Waals surface area (Å²) in [6.45, 7) is 4.34. The number of benzene rings is 6. The van der Waals surface area contributed by atoms with Crippen molar-refractivity contribution >= 4 is 22.7 Å². The molecule has 1 atom stereocenters. The van der Waals surface area contributed by atoms with E-state index >= 15 is 0 Å². The summed E-state index contributed by atoms with van der Waals surface area (Å²) in [5.41, 5.74) is 14.2. The second-order valence-electron chi connectivity index (χ2n) is 15.2. The lowest BCUT2D eigenvalue weighted by Crippen LogP contribution is -2.26. The highest BCUT2D eigenvalue weighted by Gasteiger charge is 2.45. The van der Waals surface area contributed by atoms with Gasteiger partial charge in [-0.05, 0) is 101 Å². The zero-order valence-corrected chi connectivity index (χ0v) is 34.4. The Labute approximate surface area is 355 Å². The molecule has 5 heteroatoms. The van der Waals surface area contributed by atoms with Gasteiger partial charge in [-0.1, -0.05) is 170 Å². The van der Waals surface area contributed by atoms with Gasteiger partial charge in [0.1, 0.15) is 0 Å². The standard InChI is InChI=1S/C55H42N4S/c1-3-47-50(4-2)60-33-14-6-5-13-31-55(47)48-29-27-41(35-45(48)46-36-42(28-30-49(46)55)44-26-16-22-37-25-17-32-56-51(37)44)40-23-15-24-43(34-40)54-58-52(38-18-9-7-10-19-38)57-53(59-54)39-20-11-8-12-21-39/h3-4,7-36H,5-6H2,1-2H3/b31-13+,33-14+,47-3?,50-4+. The minimum absolute atomic E-state index is 0.470. The Morgan fingerprint density at radius 3 is 1.78 bits per heavy atom. The van der Waals surface area contributed by atoms with Crippen LogP contribution in [0.25, 0.3) is 78.4 Å². The van der Waals surface area contributed by atoms with Crippen LogP contribution in [0.2, 0.25) is 0 Å². The number of para-hydroxylation sites is 1. The van der Waals surface area contributed by atoms with Gasteiger partial charge in [-0.15, -0.1) is 0 Å². The number of hydrogen-bond acceptors (Lipinski definition) is 5. The van der Waals surface area contributed by atoms with Gasteiger partial charge in [0, 0.05) is 38.7 Å². The van der Waals surface area contributed by atoms with Gasteiger partial charge in [-0.3, -0.25) is 4.98 Å². The van der Waals surface area contributed by atoms with Gasteiger partial charge in [-0.25, -0.2) is 15.0 Å². The van der Waals surface area contributed by atoms with Gasteiger partial charge in [-0.2, -0.15) is 0 Å². The summed E-state index contributed by atoms with van der Waals surface area (Å²) in [5.74, 6) is 1.93. The maximum Gasteiger partial charge on any atom is 0.164 e. The highest BCUT2D eigenvalue weighted by Crippen LogP contribution is 2.58. The minimum atomic E-state index is -0.470. The van der Waals surface area contributed by atoms with Crippen LogP contribution in [0.4, 0.5) is 0 Å². The lowest BCUT2D eigenvalue weighted by Gasteiger charge is -2.34. The van der Waals surface area contributed by atoms with Crippen molar-refractivity contribution in [3.8, 4) is 67.5 Å². The molecule has 60 heavy (non-hydrogen) atoms. The molecule has 2 aromatic heterocycles. The quantitative estimate of drug-likeness (QED) is 0.163. The number of aromatic nitrogens is 4. The van der Waals surface area contributed by atoms with E-state index in [0.29, 0.717) is 17.5 Å². The molecule has 1 spiro atoms. The molecule has 6 aromatic carbocycles. The fourth-order valence-corrected chi connectivity index (χ4v) is 9.80. The van der Waals surface area contributed by atoms with E-state index in [4.69, 9.17) is 19.9 Å². The smallest absolute Gasteiger partial charge is 0.164 e. The normalized spacial score (nSPS) is 18.4. The number of hydrogen-bond donors (Lipinski definition) is 0. The number of thioether (sulfide) groups is 1. The lowest BCUT2D eigenvalue weighted by atomic mass is 9.70. The second-order valence-corrected chi connectivity index (χ2v) is 16.1. The molecule has 0 amide bonds. The van der Waals surface area contributed by atoms with Crippen LogP contribution in [-0.4, -0.2) is 19.9 Å². The molecule has 0 bridgehead atoms. The molecule has 3 heterocycles. The molecule has 8 aromatic rings. The third-order valence-corrected chi connectivity index (χ3v) is 12.7. The summed E-state index contributed by atoms with van der Waals surface area (Å²) in [7, 11) is 0. The van der Waals surface area contributed by atoms with E-state index in [-0.39, 0.29) is 0 Å². The maximum atomic E-state index is 5.05. The Bertz CT molecular complexity index is 2970. The fraction of sp³-hybridized carbons (Fsp3) is 0.0909. The van der Waals surface area contributed by atoms with Gasteiger partial charge in [0.2, 0.25) is 0 Å². The van der Waals surface area contributed by atoms with Crippen molar-refractivity contribution in [3.63, 3.8) is 0 Å². The van der Waals surface area contributed by atoms with Gasteiger partial charge in [0.05, 0.1) is 10.9 Å². The van der Waals surface area contributed by atoms with E-state index in [1.165, 1.54) is 32.7 Å². The molecule has 1 aliphatic heterocycles. The zero-order chi connectivity index (χ0) is 40.5. The first-order valence-corrected chi connectivity index (χ1v) is 21.5. The Morgan fingerprint density at radius 2 is 1.08 bits per heavy atom. The topological polar surface area (TPSA) is 51.6 Å². The number of fused-ring (bicyclic) bond motifs is 6. The summed E-state index contributed by atoms with van der Waals surface area (Å²) in [5, 5.41) is 3.39. The molecular formula is C55H42N4S. The first-order valence-electron chi connectivity index (χ1n) is 20.6. The first-order chi connectivity index (χ1) is 29.6. The molecule has 288 valence electrons. The van der Waals surface area contributed by atoms with E-state index in [0.717, 1.165) is 62.7 Å². The number of nitrogens with zero attached hydrogens (tertiary/aromatic N) is 4. The van der Waals surface area contributed by atoms with Crippen LogP contribution in [0, 0.1) is 0 Å². The molecule has 0 saturated carbocycles. The molecule has 10 rings (SSSR count). The second kappa shape index (κ2) is 16.0. The van der Waals surface area contributed by atoms with Crippen molar-refractivity contribution in [2.75, 3.05) is 0 Å². The molecule has 0 N–H and O–H groups in total. The highest BCUT2D eigenvalue weighted by molar-refractivity contribution is 8.06. The minimum Gasteiger partial charge on any atom is -0.256 e. The van der Waals surface area contributed by atoms with Crippen molar-refractivity contribution in [1.29, 1.82) is 0 Å². The summed E-state index contributed by atoms with van der Waals surface area (Å²) < 4.78 is 0. The van der Waals surface area contributed by atoms with E-state index in [1.807, 2.05) is 84.7 Å². The van der Waals surface area contributed by atoms with Crippen LogP contribution in [0.3, 0.4) is 0 Å². The zero-order valence-electron chi connectivity index (χ0n) is 33.6. The molecule has 0 radical (unpaired) electrons. The van der Waals surface area contributed by atoms with E-state index in [1.54, 1.807) is 0 Å². The van der Waals surface area contributed by atoms with Crippen molar-refractivity contribution < 1.29 is 0 Å². The number of pyridine rings is 1. The fourth-order valence-electron chi connectivity index (χ4n) is 8.88. The van der Waals surface area contributed by atoms with Crippen LogP contribution < -0.4 is 0 Å². The summed E-state index contributed by atoms with van der Waals surface area (Å²) in [4.78, 5) is 21.1. The van der Waals surface area contributed by atoms with Gasteiger partial charge >= 0.3 is 0 Å². The van der Waals surface area contributed by atoms with E-state index in [9.17, 15) is 0 Å². The third kappa shape index (κ3) is 6.61. The Hall–Kier alpha value is -6.95. The van der Waals surface area contributed by atoms with Gasteiger partial charge in [0.25, 0.3) is 0 Å². The average molecular weight is 791 g/mol. The maximum absolute atomic E-state index is 5.05. The summed E-state index contributed by atoms with van der Waals surface area (Å²) in [6.07, 6.45) is 15.6. The van der Waals surface area contributed by atoms with Crippen LogP contribution >= 0.6 is 11.8 Å². The Kier molecular flexibility index (Phi) is 9.96. The van der Waals surface area contributed by atoms with Crippen LogP contribution in [0.1, 0.15) is 37.8 Å². The van der Waals surface area contributed by atoms with Crippen LogP contribution in [0.5, 0.6) is 0 Å². The van der Waals surface area contributed by atoms with Crippen molar-refractivity contribution in [1.82, 2.24) is 19.9 Å². The van der Waals surface area contributed by atoms with Crippen molar-refractivity contribution in [2.45, 2.75) is 32.1 Å². The molecule has 1 unspecified atom stereocenters. The predicted octanol–water partition coefficient (Wildman–Crippen LogP) is 14.5. The average Bonchev–Trinajstić information content (AvgIpc) is 3.59. The molecular weight excluding hydrogens is 749 g/mol. The van der Waals surface area contributed by atoms with E-state index in [2.05, 4.69) is 135 Å². The summed E-state index contributed by atoms with van der Waals surface area (Å²) in [6, 6.07) is 53.6. The van der Waals surface area contributed by atoms with Crippen molar-refractivity contribution in [2.24, 2.45) is 0 Å². The predicted molar refractivity (Wildman–Crippen MR) is 251 cm³/mol. The van der Waals surface area contributed by atoms with Crippen molar-refractivity contribution in [3.05, 3.63) is 215 Å². The first kappa shape index (κ1) is 37.3. The van der Waals surface area contributed by atoms with Gasteiger partial charge in [0.15, 0.2) is 17.5 Å². The number of rotatable bonds is 5. The molecule has 0 fully saturated rings. The van der Waals surface area contributed by atoms with E-state index < -0.39 is 5.41 Å². The molecule has 4 nitrogen and oxygen atoms in total.